The molecule has 0 saturated heterocycles. The summed E-state index contributed by atoms with van der Waals surface area (Å²) in [5.74, 6) is 1.51. The Morgan fingerprint density at radius 1 is 1.07 bits per heavy atom. The van der Waals surface area contributed by atoms with E-state index >= 15 is 0 Å². The van der Waals surface area contributed by atoms with Crippen molar-refractivity contribution in [1.82, 2.24) is 16.0 Å². The van der Waals surface area contributed by atoms with Crippen molar-refractivity contribution >= 4 is 36.0 Å². The fourth-order valence-electron chi connectivity index (χ4n) is 2.17. The zero-order valence-electron chi connectivity index (χ0n) is 18.0. The molecule has 1 amide bonds. The van der Waals surface area contributed by atoms with E-state index in [2.05, 4.69) is 20.9 Å². The Bertz CT molecular complexity index is 625. The molecule has 3 N–H and O–H groups in total. The van der Waals surface area contributed by atoms with Crippen LogP contribution in [0.2, 0.25) is 0 Å². The number of hydrogen-bond acceptors (Lipinski definition) is 4. The van der Waals surface area contributed by atoms with Crippen molar-refractivity contribution in [2.75, 3.05) is 20.2 Å². The normalized spacial score (nSPS) is 11.9. The number of benzene rings is 1. The molecule has 0 aliphatic rings. The fraction of sp³-hybridized carbons (Fsp3) is 0.600. The van der Waals surface area contributed by atoms with Gasteiger partial charge in [-0.2, -0.15) is 0 Å². The largest absolute Gasteiger partial charge is 0.497 e. The van der Waals surface area contributed by atoms with Gasteiger partial charge in [-0.25, -0.2) is 9.79 Å². The maximum Gasteiger partial charge on any atom is 0.408 e. The van der Waals surface area contributed by atoms with Gasteiger partial charge < -0.3 is 25.4 Å². The molecule has 160 valence electrons. The van der Waals surface area contributed by atoms with Crippen LogP contribution in [0.25, 0.3) is 0 Å². The third-order valence-corrected chi connectivity index (χ3v) is 3.46. The number of rotatable bonds is 7. The van der Waals surface area contributed by atoms with E-state index in [-0.39, 0.29) is 24.0 Å². The number of amides is 1. The fourth-order valence-corrected chi connectivity index (χ4v) is 2.17. The molecule has 0 fully saturated rings. The molecule has 0 unspecified atom stereocenters. The molecule has 1 aromatic rings. The van der Waals surface area contributed by atoms with Crippen LogP contribution in [-0.2, 0) is 11.3 Å². The maximum atomic E-state index is 12.0. The third kappa shape index (κ3) is 11.2. The summed E-state index contributed by atoms with van der Waals surface area (Å²) in [5, 5.41) is 9.35. The number of guanidine groups is 1. The van der Waals surface area contributed by atoms with E-state index in [9.17, 15) is 4.79 Å². The van der Waals surface area contributed by atoms with Crippen LogP contribution in [0.15, 0.2) is 29.3 Å². The van der Waals surface area contributed by atoms with Crippen molar-refractivity contribution in [1.29, 1.82) is 0 Å². The van der Waals surface area contributed by atoms with Crippen LogP contribution in [0, 0.1) is 0 Å². The zero-order chi connectivity index (χ0) is 20.5. The zero-order valence-corrected chi connectivity index (χ0v) is 20.3. The van der Waals surface area contributed by atoms with Crippen molar-refractivity contribution in [2.45, 2.75) is 59.2 Å². The summed E-state index contributed by atoms with van der Waals surface area (Å²) in [7, 11) is 1.65. The second-order valence-corrected chi connectivity index (χ2v) is 7.91. The first kappa shape index (κ1) is 26.3. The molecule has 1 aromatic carbocycles. The summed E-state index contributed by atoms with van der Waals surface area (Å²) >= 11 is 0. The summed E-state index contributed by atoms with van der Waals surface area (Å²) in [4.78, 5) is 16.6. The number of nitrogens with zero attached hydrogens (tertiary/aromatic N) is 1. The minimum Gasteiger partial charge on any atom is -0.497 e. The maximum absolute atomic E-state index is 12.0. The first-order chi connectivity index (χ1) is 12.5. The van der Waals surface area contributed by atoms with Crippen LogP contribution in [0.1, 0.15) is 47.1 Å². The van der Waals surface area contributed by atoms with Gasteiger partial charge in [0.25, 0.3) is 0 Å². The molecule has 0 heterocycles. The monoisotopic (exact) mass is 506 g/mol. The summed E-state index contributed by atoms with van der Waals surface area (Å²) in [6.45, 7) is 13.2. The van der Waals surface area contributed by atoms with Crippen LogP contribution >= 0.6 is 24.0 Å². The van der Waals surface area contributed by atoms with E-state index in [1.54, 1.807) is 7.11 Å². The lowest BCUT2D eigenvalue weighted by atomic mass is 10.1. The molecule has 28 heavy (non-hydrogen) atoms. The Labute approximate surface area is 186 Å². The molecule has 0 radical (unpaired) electrons. The summed E-state index contributed by atoms with van der Waals surface area (Å²) in [6, 6.07) is 7.80. The highest BCUT2D eigenvalue weighted by Crippen LogP contribution is 2.12. The van der Waals surface area contributed by atoms with E-state index in [0.717, 1.165) is 17.9 Å². The van der Waals surface area contributed by atoms with Crippen LogP contribution in [0.4, 0.5) is 4.79 Å². The van der Waals surface area contributed by atoms with E-state index in [0.29, 0.717) is 19.0 Å². The van der Waals surface area contributed by atoms with Gasteiger partial charge in [0.2, 0.25) is 0 Å². The van der Waals surface area contributed by atoms with Crippen molar-refractivity contribution < 1.29 is 14.3 Å². The highest BCUT2D eigenvalue weighted by molar-refractivity contribution is 14.0. The molecule has 0 aliphatic heterocycles. The number of aliphatic imine (C=N–C) groups is 1. The molecule has 1 rings (SSSR count). The molecule has 0 atom stereocenters. The van der Waals surface area contributed by atoms with Gasteiger partial charge in [-0.15, -0.1) is 24.0 Å². The molecule has 7 nitrogen and oxygen atoms in total. The molecule has 0 aliphatic carbocycles. The van der Waals surface area contributed by atoms with Gasteiger partial charge in [-0.3, -0.25) is 0 Å². The molecule has 0 spiro atoms. The molecular weight excluding hydrogens is 471 g/mol. The smallest absolute Gasteiger partial charge is 0.408 e. The quantitative estimate of drug-likeness (QED) is 0.299. The van der Waals surface area contributed by atoms with Gasteiger partial charge in [0.15, 0.2) is 5.96 Å². The van der Waals surface area contributed by atoms with Gasteiger partial charge >= 0.3 is 6.09 Å². The first-order valence-corrected chi connectivity index (χ1v) is 9.21. The Morgan fingerprint density at radius 2 is 1.68 bits per heavy atom. The van der Waals surface area contributed by atoms with Gasteiger partial charge in [0.05, 0.1) is 19.2 Å². The average Bonchev–Trinajstić information content (AvgIpc) is 2.55. The topological polar surface area (TPSA) is 84.0 Å². The minimum atomic E-state index is -0.525. The van der Waals surface area contributed by atoms with Crippen LogP contribution in [-0.4, -0.2) is 43.4 Å². The van der Waals surface area contributed by atoms with E-state index in [1.165, 1.54) is 0 Å². The Balaban J connectivity index is 0.00000729. The number of hydrogen-bond donors (Lipinski definition) is 3. The van der Waals surface area contributed by atoms with Crippen molar-refractivity contribution in [3.63, 3.8) is 0 Å². The predicted octanol–water partition coefficient (Wildman–Crippen LogP) is 3.67. The SMILES string of the molecule is CCNC(=NCc1ccc(OC)cc1)NCC(C)(C)NC(=O)OC(C)(C)C.I. The van der Waals surface area contributed by atoms with Crippen molar-refractivity contribution in [3.8, 4) is 5.75 Å². The Morgan fingerprint density at radius 3 is 2.18 bits per heavy atom. The number of carbonyl (C=O) groups excluding carboxylic acids is 1. The lowest BCUT2D eigenvalue weighted by molar-refractivity contribution is 0.0474. The molecule has 8 heteroatoms. The summed E-state index contributed by atoms with van der Waals surface area (Å²) in [5.41, 5.74) is 0.0557. The number of ether oxygens (including phenoxy) is 2. The standard InChI is InChI=1S/C20H34N4O3.HI/c1-8-21-17(22-13-15-9-11-16(26-7)12-10-15)23-14-20(5,6)24-18(25)27-19(2,3)4;/h9-12H,8,13-14H2,1-7H3,(H,24,25)(H2,21,22,23);1H. The van der Waals surface area contributed by atoms with E-state index in [4.69, 9.17) is 9.47 Å². The van der Waals surface area contributed by atoms with E-state index < -0.39 is 17.2 Å². The number of methoxy groups -OCH3 is 1. The van der Waals surface area contributed by atoms with Gasteiger partial charge in [-0.05, 0) is 59.2 Å². The van der Waals surface area contributed by atoms with Gasteiger partial charge in [-0.1, -0.05) is 12.1 Å². The lowest BCUT2D eigenvalue weighted by Crippen LogP contribution is -2.54. The lowest BCUT2D eigenvalue weighted by Gasteiger charge is -2.29. The van der Waals surface area contributed by atoms with Gasteiger partial charge in [0.1, 0.15) is 11.4 Å². The first-order valence-electron chi connectivity index (χ1n) is 9.21. The molecule has 0 saturated carbocycles. The van der Waals surface area contributed by atoms with Crippen LogP contribution in [0.3, 0.4) is 0 Å². The highest BCUT2D eigenvalue weighted by atomic mass is 127. The van der Waals surface area contributed by atoms with Crippen LogP contribution < -0.4 is 20.7 Å². The van der Waals surface area contributed by atoms with E-state index in [1.807, 2.05) is 65.8 Å². The second-order valence-electron chi connectivity index (χ2n) is 7.91. The third-order valence-electron chi connectivity index (χ3n) is 3.46. The Kier molecular flexibility index (Phi) is 11.2. The number of nitrogens with one attached hydrogen (secondary N) is 3. The second kappa shape index (κ2) is 12.0. The highest BCUT2D eigenvalue weighted by Gasteiger charge is 2.24. The van der Waals surface area contributed by atoms with Crippen molar-refractivity contribution in [3.05, 3.63) is 29.8 Å². The average molecular weight is 506 g/mol. The van der Waals surface area contributed by atoms with Crippen molar-refractivity contribution in [2.24, 2.45) is 4.99 Å². The molecule has 0 bridgehead atoms. The predicted molar refractivity (Wildman–Crippen MR) is 125 cm³/mol. The minimum absolute atomic E-state index is 0. The summed E-state index contributed by atoms with van der Waals surface area (Å²) < 4.78 is 10.5. The molecule has 0 aromatic heterocycles. The molecular formula is C20H35IN4O3. The van der Waals surface area contributed by atoms with Crippen LogP contribution in [0.5, 0.6) is 5.75 Å². The number of carbonyl (C=O) groups is 1. The summed E-state index contributed by atoms with van der Waals surface area (Å²) in [6.07, 6.45) is -0.436. The Hall–Kier alpha value is -1.71. The van der Waals surface area contributed by atoms with Gasteiger partial charge in [0, 0.05) is 13.1 Å². The number of halogens is 1. The number of alkyl carbamates (subject to hydrolysis) is 1.